The fourth-order valence-corrected chi connectivity index (χ4v) is 5.60. The van der Waals surface area contributed by atoms with Crippen molar-refractivity contribution in [3.63, 3.8) is 0 Å². The quantitative estimate of drug-likeness (QED) is 0.390. The van der Waals surface area contributed by atoms with Gasteiger partial charge in [0.1, 0.15) is 30.0 Å². The second-order valence-corrected chi connectivity index (χ2v) is 8.91. The molecule has 29 heavy (non-hydrogen) atoms. The second-order valence-electron chi connectivity index (χ2n) is 6.18. The fourth-order valence-electron chi connectivity index (χ4n) is 3.00. The molecule has 4 aromatic rings. The molecule has 0 amide bonds. The number of benzene rings is 3. The van der Waals surface area contributed by atoms with Gasteiger partial charge in [0.05, 0.1) is 23.7 Å². The predicted molar refractivity (Wildman–Crippen MR) is 116 cm³/mol. The number of hydrogen-bond acceptors (Lipinski definition) is 8. The Bertz CT molecular complexity index is 1160. The van der Waals surface area contributed by atoms with Gasteiger partial charge in [0.15, 0.2) is 11.5 Å². The second kappa shape index (κ2) is 8.14. The molecule has 3 aromatic carbocycles. The average Bonchev–Trinajstić information content (AvgIpc) is 3.27. The van der Waals surface area contributed by atoms with Gasteiger partial charge in [-0.05, 0) is 48.5 Å². The molecule has 0 atom stereocenters. The molecule has 146 valence electrons. The van der Waals surface area contributed by atoms with E-state index in [1.807, 2.05) is 42.5 Å². The molecule has 1 aromatic heterocycles. The largest absolute Gasteiger partial charge is 0.497 e. The fraction of sp³-hybridized carbons (Fsp3) is 0.143. The SMILES string of the molecule is COc1ccc(Sc2ccc(Sc3cccc4c3OCCO4)c3nsnc23)cc1. The number of para-hydroxylation sites is 1. The molecule has 0 saturated heterocycles. The van der Waals surface area contributed by atoms with Crippen LogP contribution in [0, 0.1) is 0 Å². The molecule has 0 N–H and O–H groups in total. The van der Waals surface area contributed by atoms with Gasteiger partial charge < -0.3 is 14.2 Å². The van der Waals surface area contributed by atoms with Crippen LogP contribution in [0.5, 0.6) is 17.2 Å². The van der Waals surface area contributed by atoms with Gasteiger partial charge in [0, 0.05) is 14.7 Å². The van der Waals surface area contributed by atoms with Crippen molar-refractivity contribution in [3.05, 3.63) is 54.6 Å². The van der Waals surface area contributed by atoms with Crippen molar-refractivity contribution >= 4 is 46.3 Å². The van der Waals surface area contributed by atoms with E-state index in [9.17, 15) is 0 Å². The van der Waals surface area contributed by atoms with Crippen LogP contribution < -0.4 is 14.2 Å². The Morgan fingerprint density at radius 3 is 2.31 bits per heavy atom. The highest BCUT2D eigenvalue weighted by atomic mass is 32.2. The van der Waals surface area contributed by atoms with Crippen molar-refractivity contribution in [1.82, 2.24) is 8.75 Å². The van der Waals surface area contributed by atoms with Crippen LogP contribution in [0.3, 0.4) is 0 Å². The first-order chi connectivity index (χ1) is 14.3. The summed E-state index contributed by atoms with van der Waals surface area (Å²) in [6.45, 7) is 1.15. The molecule has 1 aliphatic rings. The van der Waals surface area contributed by atoms with Gasteiger partial charge in [0.25, 0.3) is 0 Å². The van der Waals surface area contributed by atoms with E-state index < -0.39 is 0 Å². The van der Waals surface area contributed by atoms with Gasteiger partial charge in [-0.1, -0.05) is 29.6 Å². The third kappa shape index (κ3) is 3.75. The number of fused-ring (bicyclic) bond motifs is 2. The highest BCUT2D eigenvalue weighted by molar-refractivity contribution is 8.00. The number of methoxy groups -OCH3 is 1. The first kappa shape index (κ1) is 18.6. The van der Waals surface area contributed by atoms with Crippen LogP contribution in [0.15, 0.2) is 74.2 Å². The standard InChI is InChI=1S/C21H16N2O3S3/c1-24-13-5-7-14(8-6-13)27-16-9-10-17(20-19(16)22-29-23-20)28-18-4-2-3-15-21(18)26-12-11-25-15/h2-10H,11-12H2,1H3. The van der Waals surface area contributed by atoms with E-state index in [4.69, 9.17) is 14.2 Å². The number of hydrogen-bond donors (Lipinski definition) is 0. The van der Waals surface area contributed by atoms with Crippen molar-refractivity contribution in [1.29, 1.82) is 0 Å². The van der Waals surface area contributed by atoms with Gasteiger partial charge in [-0.15, -0.1) is 0 Å². The maximum Gasteiger partial charge on any atom is 0.175 e. The normalized spacial score (nSPS) is 12.9. The lowest BCUT2D eigenvalue weighted by Crippen LogP contribution is -2.15. The minimum absolute atomic E-state index is 0.565. The van der Waals surface area contributed by atoms with Gasteiger partial charge in [-0.3, -0.25) is 0 Å². The first-order valence-electron chi connectivity index (χ1n) is 8.95. The highest BCUT2D eigenvalue weighted by Gasteiger charge is 2.19. The molecule has 0 fully saturated rings. The molecule has 8 heteroatoms. The summed E-state index contributed by atoms with van der Waals surface area (Å²) >= 11 is 4.54. The Hall–Kier alpha value is -2.42. The molecule has 0 saturated carbocycles. The summed E-state index contributed by atoms with van der Waals surface area (Å²) in [6.07, 6.45) is 0. The predicted octanol–water partition coefficient (Wildman–Crippen LogP) is 5.77. The van der Waals surface area contributed by atoms with Crippen LogP contribution in [0.25, 0.3) is 11.0 Å². The lowest BCUT2D eigenvalue weighted by molar-refractivity contribution is 0.167. The topological polar surface area (TPSA) is 53.5 Å². The van der Waals surface area contributed by atoms with Crippen LogP contribution >= 0.6 is 35.3 Å². The van der Waals surface area contributed by atoms with Gasteiger partial charge in [-0.25, -0.2) is 0 Å². The smallest absolute Gasteiger partial charge is 0.175 e. The summed E-state index contributed by atoms with van der Waals surface area (Å²) in [5, 5.41) is 0. The van der Waals surface area contributed by atoms with E-state index in [-0.39, 0.29) is 0 Å². The Labute approximate surface area is 180 Å². The van der Waals surface area contributed by atoms with Crippen LogP contribution in [0.4, 0.5) is 0 Å². The minimum Gasteiger partial charge on any atom is -0.497 e. The molecule has 5 nitrogen and oxygen atoms in total. The zero-order valence-corrected chi connectivity index (χ0v) is 17.9. The number of aromatic nitrogens is 2. The summed E-state index contributed by atoms with van der Waals surface area (Å²) in [5.74, 6) is 2.44. The Morgan fingerprint density at radius 1 is 0.828 bits per heavy atom. The van der Waals surface area contributed by atoms with E-state index in [0.717, 1.165) is 47.9 Å². The van der Waals surface area contributed by atoms with Crippen molar-refractivity contribution in [2.24, 2.45) is 0 Å². The Balaban J connectivity index is 1.46. The van der Waals surface area contributed by atoms with E-state index in [1.54, 1.807) is 30.6 Å². The van der Waals surface area contributed by atoms with Crippen molar-refractivity contribution < 1.29 is 14.2 Å². The van der Waals surface area contributed by atoms with Crippen molar-refractivity contribution in [2.75, 3.05) is 20.3 Å². The number of ether oxygens (including phenoxy) is 3. The maximum atomic E-state index is 5.85. The third-order valence-corrected chi connectivity index (χ3v) is 7.06. The van der Waals surface area contributed by atoms with E-state index in [2.05, 4.69) is 20.9 Å². The Kier molecular flexibility index (Phi) is 5.22. The molecular weight excluding hydrogens is 424 g/mol. The van der Waals surface area contributed by atoms with Gasteiger partial charge in [0.2, 0.25) is 0 Å². The number of nitrogens with zero attached hydrogens (tertiary/aromatic N) is 2. The van der Waals surface area contributed by atoms with Crippen LogP contribution in [0.1, 0.15) is 0 Å². The summed E-state index contributed by atoms with van der Waals surface area (Å²) in [7, 11) is 1.67. The zero-order valence-electron chi connectivity index (χ0n) is 15.5. The third-order valence-electron chi connectivity index (χ3n) is 4.38. The number of rotatable bonds is 5. The average molecular weight is 441 g/mol. The summed E-state index contributed by atoms with van der Waals surface area (Å²) in [5.41, 5.74) is 1.83. The maximum absolute atomic E-state index is 5.85. The van der Waals surface area contributed by atoms with E-state index >= 15 is 0 Å². The molecule has 0 bridgehead atoms. The summed E-state index contributed by atoms with van der Waals surface area (Å²) < 4.78 is 25.9. The summed E-state index contributed by atoms with van der Waals surface area (Å²) in [4.78, 5) is 4.28. The molecule has 1 aliphatic heterocycles. The summed E-state index contributed by atoms with van der Waals surface area (Å²) in [6, 6.07) is 18.2. The monoisotopic (exact) mass is 440 g/mol. The lowest BCUT2D eigenvalue weighted by Gasteiger charge is -2.20. The van der Waals surface area contributed by atoms with Crippen LogP contribution in [-0.4, -0.2) is 29.1 Å². The molecule has 0 spiro atoms. The van der Waals surface area contributed by atoms with Gasteiger partial charge in [-0.2, -0.15) is 8.75 Å². The molecule has 0 radical (unpaired) electrons. The van der Waals surface area contributed by atoms with Crippen molar-refractivity contribution in [2.45, 2.75) is 19.6 Å². The molecule has 2 heterocycles. The van der Waals surface area contributed by atoms with Gasteiger partial charge >= 0.3 is 0 Å². The van der Waals surface area contributed by atoms with Crippen LogP contribution in [0.2, 0.25) is 0 Å². The van der Waals surface area contributed by atoms with Crippen molar-refractivity contribution in [3.8, 4) is 17.2 Å². The molecular formula is C21H16N2O3S3. The highest BCUT2D eigenvalue weighted by Crippen LogP contribution is 2.45. The zero-order chi connectivity index (χ0) is 19.6. The Morgan fingerprint density at radius 2 is 1.55 bits per heavy atom. The molecule has 0 aliphatic carbocycles. The molecule has 5 rings (SSSR count). The lowest BCUT2D eigenvalue weighted by atomic mass is 10.3. The van der Waals surface area contributed by atoms with E-state index in [1.165, 1.54) is 11.7 Å². The first-order valence-corrected chi connectivity index (χ1v) is 11.3. The van der Waals surface area contributed by atoms with Crippen LogP contribution in [-0.2, 0) is 0 Å². The van der Waals surface area contributed by atoms with E-state index in [0.29, 0.717) is 13.2 Å². The minimum atomic E-state index is 0.565. The molecule has 0 unspecified atom stereocenters.